The van der Waals surface area contributed by atoms with E-state index in [0.29, 0.717) is 18.8 Å². The molecule has 1 unspecified atom stereocenters. The maximum absolute atomic E-state index is 13.1. The molecular weight excluding hydrogens is 454 g/mol. The summed E-state index contributed by atoms with van der Waals surface area (Å²) in [5, 5.41) is 3.08. The predicted octanol–water partition coefficient (Wildman–Crippen LogP) is 4.90. The summed E-state index contributed by atoms with van der Waals surface area (Å²) in [6.45, 7) is 2.19. The highest BCUT2D eigenvalue weighted by atomic mass is 16.5. The zero-order chi connectivity index (χ0) is 24.5. The lowest BCUT2D eigenvalue weighted by Crippen LogP contribution is -2.47. The van der Waals surface area contributed by atoms with Gasteiger partial charge in [0.2, 0.25) is 5.91 Å². The molecule has 7 heteroatoms. The quantitative estimate of drug-likeness (QED) is 0.556. The maximum Gasteiger partial charge on any atom is 0.251 e. The first kappa shape index (κ1) is 23.0. The Morgan fingerprint density at radius 2 is 1.97 bits per heavy atom. The maximum atomic E-state index is 13.1. The Morgan fingerprint density at radius 1 is 1.11 bits per heavy atom. The molecule has 2 amide bonds. The molecule has 1 aliphatic carbocycles. The lowest BCUT2D eigenvalue weighted by molar-refractivity contribution is -0.142. The van der Waals surface area contributed by atoms with Crippen molar-refractivity contribution in [1.82, 2.24) is 9.88 Å². The molecule has 1 spiro atoms. The van der Waals surface area contributed by atoms with Crippen molar-refractivity contribution in [1.29, 1.82) is 0 Å². The number of ether oxygens (including phenoxy) is 1. The fourth-order valence-corrected chi connectivity index (χ4v) is 6.36. The van der Waals surface area contributed by atoms with Gasteiger partial charge in [-0.15, -0.1) is 0 Å². The second-order valence-electron chi connectivity index (χ2n) is 10.3. The van der Waals surface area contributed by atoms with Gasteiger partial charge in [0.1, 0.15) is 6.10 Å². The number of carbonyl (C=O) groups excluding carboxylic acids is 2. The molecule has 1 N–H and O–H groups in total. The highest BCUT2D eigenvalue weighted by Gasteiger charge is 2.46. The monoisotopic (exact) mass is 485 g/mol. The van der Waals surface area contributed by atoms with Gasteiger partial charge in [-0.2, -0.15) is 0 Å². The molecule has 36 heavy (non-hydrogen) atoms. The largest absolute Gasteiger partial charge is 0.444 e. The number of fused-ring (bicyclic) bond motifs is 2. The van der Waals surface area contributed by atoms with Crippen LogP contribution in [0.15, 0.2) is 65.5 Å². The molecule has 2 saturated heterocycles. The van der Waals surface area contributed by atoms with Crippen molar-refractivity contribution < 1.29 is 18.7 Å². The Kier molecular flexibility index (Phi) is 6.09. The third kappa shape index (κ3) is 4.32. The average Bonchev–Trinajstić information content (AvgIpc) is 3.67. The highest BCUT2D eigenvalue weighted by molar-refractivity contribution is 5.92. The van der Waals surface area contributed by atoms with E-state index in [0.717, 1.165) is 56.4 Å². The van der Waals surface area contributed by atoms with Gasteiger partial charge < -0.3 is 19.4 Å². The van der Waals surface area contributed by atoms with Crippen LogP contribution < -0.4 is 5.32 Å². The molecule has 3 aliphatic rings. The first-order chi connectivity index (χ1) is 17.6. The minimum absolute atomic E-state index is 0.00701. The Bertz CT molecular complexity index is 1240. The van der Waals surface area contributed by atoms with Crippen LogP contribution in [0.1, 0.15) is 55.6 Å². The van der Waals surface area contributed by atoms with Crippen LogP contribution in [-0.4, -0.2) is 47.5 Å². The number of likely N-dealkylation sites (tertiary alicyclic amines) is 1. The van der Waals surface area contributed by atoms with Crippen LogP contribution in [0.2, 0.25) is 0 Å². The van der Waals surface area contributed by atoms with Crippen LogP contribution in [0.4, 0.5) is 5.69 Å². The van der Waals surface area contributed by atoms with E-state index < -0.39 is 0 Å². The molecule has 2 atom stereocenters. The van der Waals surface area contributed by atoms with Gasteiger partial charge >= 0.3 is 0 Å². The molecule has 2 fully saturated rings. The van der Waals surface area contributed by atoms with Crippen LogP contribution in [-0.2, 0) is 19.7 Å². The van der Waals surface area contributed by atoms with E-state index in [1.807, 2.05) is 29.2 Å². The van der Waals surface area contributed by atoms with E-state index in [4.69, 9.17) is 9.15 Å². The number of hydrogen-bond acceptors (Lipinski definition) is 5. The van der Waals surface area contributed by atoms with Gasteiger partial charge in [0.05, 0.1) is 6.20 Å². The normalized spacial score (nSPS) is 22.5. The van der Waals surface area contributed by atoms with Crippen molar-refractivity contribution in [3.05, 3.63) is 72.2 Å². The molecule has 0 bridgehead atoms. The summed E-state index contributed by atoms with van der Waals surface area (Å²) in [6, 6.07) is 16.2. The van der Waals surface area contributed by atoms with E-state index in [-0.39, 0.29) is 29.3 Å². The fourth-order valence-electron chi connectivity index (χ4n) is 6.36. The first-order valence-corrected chi connectivity index (χ1v) is 12.9. The fraction of sp³-hybridized carbons (Fsp3) is 0.414. The van der Waals surface area contributed by atoms with E-state index in [1.54, 1.807) is 6.20 Å². The van der Waals surface area contributed by atoms with Gasteiger partial charge in [-0.3, -0.25) is 9.59 Å². The molecule has 1 aromatic heterocycles. The number of carbonyl (C=O) groups is 2. The molecule has 7 nitrogen and oxygen atoms in total. The summed E-state index contributed by atoms with van der Waals surface area (Å²) in [5.74, 6) is 0.992. The number of oxazole rings is 1. The average molecular weight is 486 g/mol. The topological polar surface area (TPSA) is 84.7 Å². The smallest absolute Gasteiger partial charge is 0.251 e. The number of amides is 2. The van der Waals surface area contributed by atoms with Crippen LogP contribution in [0.3, 0.4) is 0 Å². The molecule has 6 rings (SSSR count). The number of anilines is 1. The molecule has 0 saturated carbocycles. The summed E-state index contributed by atoms with van der Waals surface area (Å²) in [5.41, 5.74) is 4.29. The van der Waals surface area contributed by atoms with Gasteiger partial charge in [-0.25, -0.2) is 4.98 Å². The first-order valence-electron chi connectivity index (χ1n) is 12.9. The van der Waals surface area contributed by atoms with Crippen molar-refractivity contribution in [2.45, 2.75) is 56.0 Å². The molecule has 2 aromatic carbocycles. The summed E-state index contributed by atoms with van der Waals surface area (Å²) in [4.78, 5) is 32.0. The molecule has 3 heterocycles. The number of benzene rings is 2. The zero-order valence-corrected chi connectivity index (χ0v) is 20.3. The van der Waals surface area contributed by atoms with Crippen molar-refractivity contribution in [3.8, 4) is 11.3 Å². The van der Waals surface area contributed by atoms with Crippen molar-refractivity contribution in [2.24, 2.45) is 0 Å². The van der Waals surface area contributed by atoms with Gasteiger partial charge in [-0.05, 0) is 66.7 Å². The second-order valence-corrected chi connectivity index (χ2v) is 10.3. The Morgan fingerprint density at radius 3 is 2.75 bits per heavy atom. The van der Waals surface area contributed by atoms with E-state index >= 15 is 0 Å². The minimum atomic E-state index is -0.256. The van der Waals surface area contributed by atoms with Gasteiger partial charge in [0.25, 0.3) is 5.91 Å². The van der Waals surface area contributed by atoms with Crippen LogP contribution in [0.5, 0.6) is 0 Å². The number of aromatic nitrogens is 1. The highest BCUT2D eigenvalue weighted by Crippen LogP contribution is 2.52. The van der Waals surface area contributed by atoms with Gasteiger partial charge in [-0.1, -0.05) is 36.4 Å². The summed E-state index contributed by atoms with van der Waals surface area (Å²) >= 11 is 0. The molecule has 2 aliphatic heterocycles. The number of piperidine rings is 1. The van der Waals surface area contributed by atoms with Gasteiger partial charge in [0.15, 0.2) is 12.2 Å². The van der Waals surface area contributed by atoms with E-state index in [1.165, 1.54) is 17.5 Å². The lowest BCUT2D eigenvalue weighted by Gasteiger charge is -2.41. The molecule has 186 valence electrons. The minimum Gasteiger partial charge on any atom is -0.444 e. The van der Waals surface area contributed by atoms with Crippen LogP contribution >= 0.6 is 0 Å². The second kappa shape index (κ2) is 9.54. The number of rotatable bonds is 5. The Labute approximate surface area is 210 Å². The summed E-state index contributed by atoms with van der Waals surface area (Å²) < 4.78 is 11.0. The Hall–Kier alpha value is -3.45. The third-order valence-electron chi connectivity index (χ3n) is 8.14. The molecule has 0 radical (unpaired) electrons. The number of nitrogens with zero attached hydrogens (tertiary/aromatic N) is 2. The lowest BCUT2D eigenvalue weighted by atomic mass is 9.73. The summed E-state index contributed by atoms with van der Waals surface area (Å²) in [6.07, 6.45) is 7.85. The predicted molar refractivity (Wildman–Crippen MR) is 135 cm³/mol. The van der Waals surface area contributed by atoms with Crippen molar-refractivity contribution >= 4 is 17.5 Å². The Balaban J connectivity index is 1.13. The van der Waals surface area contributed by atoms with E-state index in [9.17, 15) is 9.59 Å². The van der Waals surface area contributed by atoms with Crippen LogP contribution in [0.25, 0.3) is 11.3 Å². The van der Waals surface area contributed by atoms with Crippen molar-refractivity contribution in [2.75, 3.05) is 25.0 Å². The van der Waals surface area contributed by atoms with Crippen molar-refractivity contribution in [3.63, 3.8) is 0 Å². The number of hydrogen-bond donors (Lipinski definition) is 1. The van der Waals surface area contributed by atoms with Gasteiger partial charge in [0, 0.05) is 37.4 Å². The molecule has 3 aromatic rings. The summed E-state index contributed by atoms with van der Waals surface area (Å²) in [7, 11) is 0. The number of nitrogens with one attached hydrogen (secondary N) is 1. The molecular formula is C29H31N3O4. The van der Waals surface area contributed by atoms with Crippen LogP contribution in [0, 0.1) is 0 Å². The standard InChI is InChI=1S/C29H31N3O4/c33-27(31-22-6-3-5-20(15-22)26-18-30-19-36-26)16-21-17-29(24-8-2-1-7-23(21)24)10-12-32(13-11-29)28(34)25-9-4-14-35-25/h1-3,5-8,15,18-19,21,25H,4,9-14,16-17H2,(H,31,33)/t21?,25-/m1/s1. The SMILES string of the molecule is O=C(CC1CC2(CCN(C(=O)[C@H]3CCCO3)CC2)c2ccccc21)Nc1cccc(-c2cnco2)c1. The van der Waals surface area contributed by atoms with E-state index in [2.05, 4.69) is 34.6 Å². The third-order valence-corrected chi connectivity index (χ3v) is 8.14. The zero-order valence-electron chi connectivity index (χ0n) is 20.3.